The van der Waals surface area contributed by atoms with Gasteiger partial charge in [0, 0.05) is 5.41 Å². The van der Waals surface area contributed by atoms with Gasteiger partial charge in [0.25, 0.3) is 5.09 Å². The number of hydrogen-bond donors (Lipinski definition) is 0. The number of hydrogen-bond acceptors (Lipinski definition) is 4. The van der Waals surface area contributed by atoms with Gasteiger partial charge in [-0.1, -0.05) is 13.8 Å². The fourth-order valence-electron chi connectivity index (χ4n) is 1.26. The lowest BCUT2D eigenvalue weighted by Crippen LogP contribution is -2.35. The van der Waals surface area contributed by atoms with Gasteiger partial charge in [-0.25, -0.2) is 0 Å². The highest BCUT2D eigenvalue weighted by atomic mass is 16.9. The molecule has 0 spiro atoms. The molecule has 0 N–H and O–H groups in total. The zero-order valence-electron chi connectivity index (χ0n) is 10.9. The summed E-state index contributed by atoms with van der Waals surface area (Å²) in [6.45, 7) is 10.5. The fraction of sp³-hybridized carbons (Fsp3) is 1.00. The Bertz CT molecular complexity index is 219. The molecule has 0 amide bonds. The van der Waals surface area contributed by atoms with E-state index in [9.17, 15) is 10.1 Å². The van der Waals surface area contributed by atoms with Crippen LogP contribution in [0.3, 0.4) is 0 Å². The molecule has 0 heterocycles. The lowest BCUT2D eigenvalue weighted by atomic mass is 9.84. The summed E-state index contributed by atoms with van der Waals surface area (Å²) in [6.07, 6.45) is 1.60. The Hall–Kier alpha value is -0.840. The molecule has 0 saturated heterocycles. The van der Waals surface area contributed by atoms with E-state index < -0.39 is 5.09 Å². The SMILES string of the molecule is CCC(CC)(CO[N+](=O)[O-])COC(C)(C)C. The van der Waals surface area contributed by atoms with Crippen LogP contribution in [0.2, 0.25) is 0 Å². The molecule has 5 heteroatoms. The molecule has 0 bridgehead atoms. The molecule has 0 unspecified atom stereocenters. The summed E-state index contributed by atoms with van der Waals surface area (Å²) < 4.78 is 5.71. The molecule has 0 atom stereocenters. The minimum Gasteiger partial charge on any atom is -0.375 e. The Morgan fingerprint density at radius 1 is 1.12 bits per heavy atom. The van der Waals surface area contributed by atoms with Crippen LogP contribution in [0.25, 0.3) is 0 Å². The van der Waals surface area contributed by atoms with E-state index in [2.05, 4.69) is 4.84 Å². The summed E-state index contributed by atoms with van der Waals surface area (Å²) >= 11 is 0. The normalized spacial score (nSPS) is 12.6. The second-order valence-corrected chi connectivity index (χ2v) is 5.11. The third-order valence-electron chi connectivity index (χ3n) is 2.79. The van der Waals surface area contributed by atoms with Crippen LogP contribution >= 0.6 is 0 Å². The molecule has 0 aromatic rings. The maximum Gasteiger partial charge on any atom is 0.294 e. The Morgan fingerprint density at radius 3 is 1.94 bits per heavy atom. The van der Waals surface area contributed by atoms with Crippen LogP contribution in [0, 0.1) is 15.5 Å². The van der Waals surface area contributed by atoms with Gasteiger partial charge in [0.2, 0.25) is 0 Å². The van der Waals surface area contributed by atoms with Gasteiger partial charge < -0.3 is 9.57 Å². The molecular formula is C11H23NO4. The average Bonchev–Trinajstić information content (AvgIpc) is 2.18. The van der Waals surface area contributed by atoms with E-state index in [0.717, 1.165) is 12.8 Å². The van der Waals surface area contributed by atoms with Crippen molar-refractivity contribution in [2.45, 2.75) is 53.1 Å². The molecule has 16 heavy (non-hydrogen) atoms. The monoisotopic (exact) mass is 233 g/mol. The lowest BCUT2D eigenvalue weighted by Gasteiger charge is -2.33. The van der Waals surface area contributed by atoms with Crippen molar-refractivity contribution >= 4 is 0 Å². The van der Waals surface area contributed by atoms with Crippen molar-refractivity contribution in [3.63, 3.8) is 0 Å². The van der Waals surface area contributed by atoms with Crippen molar-refractivity contribution in [1.29, 1.82) is 0 Å². The Morgan fingerprint density at radius 2 is 1.62 bits per heavy atom. The van der Waals surface area contributed by atoms with Gasteiger partial charge in [0.15, 0.2) is 0 Å². The lowest BCUT2D eigenvalue weighted by molar-refractivity contribution is -0.761. The van der Waals surface area contributed by atoms with E-state index in [1.165, 1.54) is 0 Å². The third kappa shape index (κ3) is 5.90. The molecule has 96 valence electrons. The number of nitrogens with zero attached hydrogens (tertiary/aromatic N) is 1. The first kappa shape index (κ1) is 15.2. The zero-order chi connectivity index (χ0) is 12.8. The third-order valence-corrected chi connectivity index (χ3v) is 2.79. The van der Waals surface area contributed by atoms with Gasteiger partial charge in [0.05, 0.1) is 12.2 Å². The summed E-state index contributed by atoms with van der Waals surface area (Å²) in [5, 5.41) is 9.48. The summed E-state index contributed by atoms with van der Waals surface area (Å²) in [6, 6.07) is 0. The van der Waals surface area contributed by atoms with Gasteiger partial charge in [-0.15, -0.1) is 10.1 Å². The summed E-state index contributed by atoms with van der Waals surface area (Å²) in [7, 11) is 0. The molecule has 0 saturated carbocycles. The first-order chi connectivity index (χ1) is 7.24. The number of rotatable bonds is 7. The van der Waals surface area contributed by atoms with Gasteiger partial charge in [-0.2, -0.15) is 0 Å². The Kier molecular flexibility index (Phi) is 5.72. The van der Waals surface area contributed by atoms with Crippen molar-refractivity contribution in [2.75, 3.05) is 13.2 Å². The Labute approximate surface area is 97.2 Å². The maximum absolute atomic E-state index is 10.2. The van der Waals surface area contributed by atoms with E-state index in [1.807, 2.05) is 34.6 Å². The van der Waals surface area contributed by atoms with E-state index in [0.29, 0.717) is 6.61 Å². The summed E-state index contributed by atoms with van der Waals surface area (Å²) in [5.74, 6) is 0. The standard InChI is InChI=1S/C11H23NO4/c1-6-11(7-2,9-16-12(13)14)8-15-10(3,4)5/h6-9H2,1-5H3. The summed E-state index contributed by atoms with van der Waals surface area (Å²) in [5.41, 5.74) is -0.495. The highest BCUT2D eigenvalue weighted by molar-refractivity contribution is 4.77. The first-order valence-electron chi connectivity index (χ1n) is 5.66. The van der Waals surface area contributed by atoms with Crippen LogP contribution in [0.5, 0.6) is 0 Å². The Balaban J connectivity index is 4.37. The minimum absolute atomic E-state index is 0.100. The van der Waals surface area contributed by atoms with Gasteiger partial charge >= 0.3 is 0 Å². The van der Waals surface area contributed by atoms with E-state index in [4.69, 9.17) is 4.74 Å². The van der Waals surface area contributed by atoms with Crippen molar-refractivity contribution < 1.29 is 14.7 Å². The van der Waals surface area contributed by atoms with E-state index in [-0.39, 0.29) is 17.6 Å². The highest BCUT2D eigenvalue weighted by Crippen LogP contribution is 2.29. The molecule has 0 rings (SSSR count). The smallest absolute Gasteiger partial charge is 0.294 e. The van der Waals surface area contributed by atoms with Crippen LogP contribution in [0.1, 0.15) is 47.5 Å². The van der Waals surface area contributed by atoms with Crippen molar-refractivity contribution in [3.8, 4) is 0 Å². The van der Waals surface area contributed by atoms with Gasteiger partial charge in [-0.05, 0) is 33.6 Å². The molecule has 5 nitrogen and oxygen atoms in total. The van der Waals surface area contributed by atoms with Crippen molar-refractivity contribution in [3.05, 3.63) is 10.1 Å². The molecule has 0 aromatic heterocycles. The van der Waals surface area contributed by atoms with Crippen molar-refractivity contribution in [1.82, 2.24) is 0 Å². The molecule has 0 aliphatic rings. The second-order valence-electron chi connectivity index (χ2n) is 5.11. The van der Waals surface area contributed by atoms with Crippen LogP contribution in [0.15, 0.2) is 0 Å². The molecule has 0 aromatic carbocycles. The maximum atomic E-state index is 10.2. The van der Waals surface area contributed by atoms with Crippen LogP contribution in [-0.2, 0) is 9.57 Å². The largest absolute Gasteiger partial charge is 0.375 e. The minimum atomic E-state index is -0.739. The highest BCUT2D eigenvalue weighted by Gasteiger charge is 2.30. The van der Waals surface area contributed by atoms with Gasteiger partial charge in [0.1, 0.15) is 6.61 Å². The average molecular weight is 233 g/mol. The molecule has 0 aliphatic heterocycles. The van der Waals surface area contributed by atoms with E-state index in [1.54, 1.807) is 0 Å². The summed E-state index contributed by atoms with van der Waals surface area (Å²) in [4.78, 5) is 14.7. The quantitative estimate of drug-likeness (QED) is 0.501. The number of ether oxygens (including phenoxy) is 1. The predicted molar refractivity (Wildman–Crippen MR) is 61.7 cm³/mol. The predicted octanol–water partition coefficient (Wildman–Crippen LogP) is 2.82. The van der Waals surface area contributed by atoms with Crippen LogP contribution in [-0.4, -0.2) is 23.9 Å². The fourth-order valence-corrected chi connectivity index (χ4v) is 1.26. The van der Waals surface area contributed by atoms with E-state index >= 15 is 0 Å². The topological polar surface area (TPSA) is 61.6 Å². The first-order valence-corrected chi connectivity index (χ1v) is 5.66. The molecular weight excluding hydrogens is 210 g/mol. The molecule has 0 radical (unpaired) electrons. The van der Waals surface area contributed by atoms with Crippen LogP contribution < -0.4 is 0 Å². The second kappa shape index (κ2) is 6.03. The molecule has 0 aliphatic carbocycles. The van der Waals surface area contributed by atoms with Crippen LogP contribution in [0.4, 0.5) is 0 Å². The van der Waals surface area contributed by atoms with Crippen molar-refractivity contribution in [2.24, 2.45) is 5.41 Å². The molecule has 0 fully saturated rings. The zero-order valence-corrected chi connectivity index (χ0v) is 10.9. The van der Waals surface area contributed by atoms with Gasteiger partial charge in [-0.3, -0.25) is 0 Å².